The van der Waals surface area contributed by atoms with Crippen molar-refractivity contribution in [1.82, 2.24) is 10.4 Å². The SMILES string of the molecule is CCOc1cc([N+](=O)[O-])cc(C=NNC(=O)c2ccncc2)c1O. The Morgan fingerprint density at radius 2 is 2.17 bits per heavy atom. The predicted molar refractivity (Wildman–Crippen MR) is 85.2 cm³/mol. The molecule has 9 nitrogen and oxygen atoms in total. The smallest absolute Gasteiger partial charge is 0.274 e. The number of benzene rings is 1. The lowest BCUT2D eigenvalue weighted by Gasteiger charge is -2.07. The number of amides is 1. The van der Waals surface area contributed by atoms with E-state index in [-0.39, 0.29) is 29.4 Å². The van der Waals surface area contributed by atoms with Gasteiger partial charge in [0.05, 0.1) is 23.8 Å². The van der Waals surface area contributed by atoms with Crippen molar-refractivity contribution in [3.8, 4) is 11.5 Å². The summed E-state index contributed by atoms with van der Waals surface area (Å²) >= 11 is 0. The first-order valence-electron chi connectivity index (χ1n) is 6.90. The Labute approximate surface area is 136 Å². The van der Waals surface area contributed by atoms with Gasteiger partial charge >= 0.3 is 0 Å². The van der Waals surface area contributed by atoms with E-state index in [2.05, 4.69) is 15.5 Å². The molecule has 1 aromatic carbocycles. The molecule has 1 heterocycles. The van der Waals surface area contributed by atoms with Gasteiger partial charge in [-0.3, -0.25) is 19.9 Å². The maximum Gasteiger partial charge on any atom is 0.274 e. The predicted octanol–water partition coefficient (Wildman–Crippen LogP) is 1.86. The third kappa shape index (κ3) is 4.03. The summed E-state index contributed by atoms with van der Waals surface area (Å²) in [5, 5.41) is 24.7. The highest BCUT2D eigenvalue weighted by Gasteiger charge is 2.16. The molecule has 0 saturated heterocycles. The van der Waals surface area contributed by atoms with Crippen LogP contribution >= 0.6 is 0 Å². The first-order valence-corrected chi connectivity index (χ1v) is 6.90. The number of nitrogens with zero attached hydrogens (tertiary/aromatic N) is 3. The fourth-order valence-electron chi connectivity index (χ4n) is 1.81. The summed E-state index contributed by atoms with van der Waals surface area (Å²) in [5.74, 6) is -0.818. The van der Waals surface area contributed by atoms with Crippen LogP contribution in [0.25, 0.3) is 0 Å². The molecule has 0 aliphatic carbocycles. The van der Waals surface area contributed by atoms with Gasteiger partial charge in [0.2, 0.25) is 0 Å². The van der Waals surface area contributed by atoms with E-state index in [1.807, 2.05) is 0 Å². The molecule has 0 aliphatic heterocycles. The highest BCUT2D eigenvalue weighted by molar-refractivity contribution is 5.95. The van der Waals surface area contributed by atoms with Crippen LogP contribution in [0, 0.1) is 10.1 Å². The van der Waals surface area contributed by atoms with Crippen LogP contribution in [0.1, 0.15) is 22.8 Å². The Balaban J connectivity index is 2.21. The summed E-state index contributed by atoms with van der Waals surface area (Å²) in [7, 11) is 0. The van der Waals surface area contributed by atoms with Gasteiger partial charge in [0.1, 0.15) is 0 Å². The second-order valence-electron chi connectivity index (χ2n) is 4.51. The number of phenols is 1. The lowest BCUT2D eigenvalue weighted by molar-refractivity contribution is -0.385. The van der Waals surface area contributed by atoms with Crippen LogP contribution in [0.5, 0.6) is 11.5 Å². The number of non-ortho nitro benzene ring substituents is 1. The van der Waals surface area contributed by atoms with Crippen LogP contribution in [0.15, 0.2) is 41.8 Å². The minimum atomic E-state index is -0.616. The van der Waals surface area contributed by atoms with Crippen molar-refractivity contribution in [3.05, 3.63) is 57.9 Å². The molecule has 0 unspecified atom stereocenters. The van der Waals surface area contributed by atoms with Crippen molar-refractivity contribution < 1.29 is 19.6 Å². The van der Waals surface area contributed by atoms with Crippen LogP contribution < -0.4 is 10.2 Å². The number of hydrogen-bond donors (Lipinski definition) is 2. The second kappa shape index (κ2) is 7.68. The molecule has 0 saturated carbocycles. The van der Waals surface area contributed by atoms with Gasteiger partial charge in [0.15, 0.2) is 11.5 Å². The number of pyridine rings is 1. The summed E-state index contributed by atoms with van der Waals surface area (Å²) in [6, 6.07) is 5.25. The van der Waals surface area contributed by atoms with Crippen molar-refractivity contribution in [2.75, 3.05) is 6.61 Å². The number of aromatic hydroxyl groups is 1. The molecule has 2 rings (SSSR count). The molecule has 0 spiro atoms. The number of phenolic OH excluding ortho intramolecular Hbond substituents is 1. The molecule has 0 bridgehead atoms. The normalized spacial score (nSPS) is 10.5. The molecule has 9 heteroatoms. The average Bonchev–Trinajstić information content (AvgIpc) is 2.58. The number of nitro benzene ring substituents is 1. The number of carbonyl (C=O) groups is 1. The summed E-state index contributed by atoms with van der Waals surface area (Å²) in [4.78, 5) is 25.9. The van der Waals surface area contributed by atoms with E-state index in [4.69, 9.17) is 4.74 Å². The molecule has 1 aromatic heterocycles. The Morgan fingerprint density at radius 1 is 1.46 bits per heavy atom. The maximum absolute atomic E-state index is 11.8. The van der Waals surface area contributed by atoms with E-state index < -0.39 is 10.8 Å². The number of hydrogen-bond acceptors (Lipinski definition) is 7. The van der Waals surface area contributed by atoms with Gasteiger partial charge in [-0.15, -0.1) is 0 Å². The minimum absolute atomic E-state index is 0.0337. The van der Waals surface area contributed by atoms with Crippen molar-refractivity contribution >= 4 is 17.8 Å². The summed E-state index contributed by atoms with van der Waals surface area (Å²) in [6.45, 7) is 1.91. The molecular weight excluding hydrogens is 316 g/mol. The average molecular weight is 330 g/mol. The Bertz CT molecular complexity index is 777. The molecule has 0 radical (unpaired) electrons. The highest BCUT2D eigenvalue weighted by atomic mass is 16.6. The van der Waals surface area contributed by atoms with Crippen molar-refractivity contribution in [1.29, 1.82) is 0 Å². The number of rotatable bonds is 6. The fraction of sp³-hybridized carbons (Fsp3) is 0.133. The summed E-state index contributed by atoms with van der Waals surface area (Å²) < 4.78 is 5.15. The first-order chi connectivity index (χ1) is 11.5. The highest BCUT2D eigenvalue weighted by Crippen LogP contribution is 2.33. The molecule has 0 aliphatic rings. The molecule has 2 N–H and O–H groups in total. The van der Waals surface area contributed by atoms with Crippen molar-refractivity contribution in [2.45, 2.75) is 6.92 Å². The van der Waals surface area contributed by atoms with Gasteiger partial charge in [-0.2, -0.15) is 5.10 Å². The Hall–Kier alpha value is -3.49. The number of aromatic nitrogens is 1. The zero-order valence-electron chi connectivity index (χ0n) is 12.7. The van der Waals surface area contributed by atoms with E-state index in [9.17, 15) is 20.0 Å². The largest absolute Gasteiger partial charge is 0.504 e. The molecule has 0 atom stereocenters. The second-order valence-corrected chi connectivity index (χ2v) is 4.51. The van der Waals surface area contributed by atoms with Gasteiger partial charge in [-0.05, 0) is 19.1 Å². The number of nitro groups is 1. The number of nitrogens with one attached hydrogen (secondary N) is 1. The first kappa shape index (κ1) is 16.9. The van der Waals surface area contributed by atoms with Gasteiger partial charge < -0.3 is 9.84 Å². The van der Waals surface area contributed by atoms with E-state index >= 15 is 0 Å². The van der Waals surface area contributed by atoms with Gasteiger partial charge in [0.25, 0.3) is 11.6 Å². The Morgan fingerprint density at radius 3 is 2.79 bits per heavy atom. The lowest BCUT2D eigenvalue weighted by atomic mass is 10.1. The Kier molecular flexibility index (Phi) is 5.40. The number of hydrazone groups is 1. The van der Waals surface area contributed by atoms with Gasteiger partial charge in [0, 0.05) is 29.6 Å². The maximum atomic E-state index is 11.8. The topological polar surface area (TPSA) is 127 Å². The van der Waals surface area contributed by atoms with E-state index in [1.54, 1.807) is 6.92 Å². The molecule has 124 valence electrons. The number of ether oxygens (including phenoxy) is 1. The monoisotopic (exact) mass is 330 g/mol. The molecule has 0 fully saturated rings. The van der Waals surface area contributed by atoms with Crippen LogP contribution in [0.2, 0.25) is 0 Å². The minimum Gasteiger partial charge on any atom is -0.504 e. The zero-order valence-corrected chi connectivity index (χ0v) is 12.7. The van der Waals surface area contributed by atoms with Crippen molar-refractivity contribution in [3.63, 3.8) is 0 Å². The summed E-state index contributed by atoms with van der Waals surface area (Å²) in [6.07, 6.45) is 4.02. The number of carbonyl (C=O) groups excluding carboxylic acids is 1. The van der Waals surface area contributed by atoms with E-state index in [1.165, 1.54) is 24.5 Å². The third-order valence-electron chi connectivity index (χ3n) is 2.91. The van der Waals surface area contributed by atoms with Gasteiger partial charge in [-0.1, -0.05) is 0 Å². The fourth-order valence-corrected chi connectivity index (χ4v) is 1.81. The van der Waals surface area contributed by atoms with Gasteiger partial charge in [-0.25, -0.2) is 5.43 Å². The summed E-state index contributed by atoms with van der Waals surface area (Å²) in [5.41, 5.74) is 2.38. The van der Waals surface area contributed by atoms with Crippen LogP contribution in [-0.2, 0) is 0 Å². The zero-order chi connectivity index (χ0) is 17.5. The molecule has 1 amide bonds. The lowest BCUT2D eigenvalue weighted by Crippen LogP contribution is -2.17. The molecule has 2 aromatic rings. The third-order valence-corrected chi connectivity index (χ3v) is 2.91. The van der Waals surface area contributed by atoms with E-state index in [0.29, 0.717) is 5.56 Å². The van der Waals surface area contributed by atoms with Crippen LogP contribution in [0.4, 0.5) is 5.69 Å². The molecule has 24 heavy (non-hydrogen) atoms. The van der Waals surface area contributed by atoms with E-state index in [0.717, 1.165) is 18.3 Å². The quantitative estimate of drug-likeness (QED) is 0.473. The van der Waals surface area contributed by atoms with Crippen LogP contribution in [-0.4, -0.2) is 33.7 Å². The standard InChI is InChI=1S/C15H14N4O5/c1-2-24-13-8-12(19(22)23)7-11(14(13)20)9-17-18-15(21)10-3-5-16-6-4-10/h3-9,20H,2H2,1H3,(H,18,21). The van der Waals surface area contributed by atoms with Crippen LogP contribution in [0.3, 0.4) is 0 Å². The molecular formula is C15H14N4O5. The van der Waals surface area contributed by atoms with Crippen molar-refractivity contribution in [2.24, 2.45) is 5.10 Å².